The Bertz CT molecular complexity index is 1750. The molecule has 4 N–H and O–H groups in total. The van der Waals surface area contributed by atoms with Crippen LogP contribution in [0.25, 0.3) is 0 Å². The van der Waals surface area contributed by atoms with Crippen molar-refractivity contribution in [2.24, 2.45) is 34.5 Å². The van der Waals surface area contributed by atoms with Crippen LogP contribution in [0.5, 0.6) is 11.5 Å². The first kappa shape index (κ1) is 35.4. The van der Waals surface area contributed by atoms with E-state index in [1.165, 1.54) is 11.1 Å². The lowest BCUT2D eigenvalue weighted by molar-refractivity contribution is -0.162. The zero-order chi connectivity index (χ0) is 36.8. The van der Waals surface area contributed by atoms with E-state index in [1.54, 1.807) is 12.1 Å². The van der Waals surface area contributed by atoms with Crippen LogP contribution < -0.4 is 9.47 Å². The molecule has 274 valence electrons. The van der Waals surface area contributed by atoms with Gasteiger partial charge in [0.2, 0.25) is 0 Å². The summed E-state index contributed by atoms with van der Waals surface area (Å²) in [7, 11) is 0. The smallest absolute Gasteiger partial charge is 0.343 e. The highest BCUT2D eigenvalue weighted by Gasteiger charge is 2.62. The highest BCUT2D eigenvalue weighted by Crippen LogP contribution is 2.65. The van der Waals surface area contributed by atoms with Gasteiger partial charge in [-0.3, -0.25) is 0 Å². The Morgan fingerprint density at radius 2 is 1.08 bits per heavy atom. The molecule has 0 saturated heterocycles. The molecule has 2 unspecified atom stereocenters. The van der Waals surface area contributed by atoms with E-state index in [2.05, 4.69) is 25.7 Å². The maximum atomic E-state index is 12.9. The number of hydrogen-bond acceptors (Lipinski definition) is 8. The fraction of sp³-hybridized carbons (Fsp3) is 0.591. The van der Waals surface area contributed by atoms with Crippen molar-refractivity contribution < 1.29 is 39.5 Å². The molecule has 8 nitrogen and oxygen atoms in total. The molecule has 4 saturated carbocycles. The molecule has 0 aliphatic heterocycles. The second kappa shape index (κ2) is 12.5. The van der Waals surface area contributed by atoms with Crippen LogP contribution in [0.2, 0.25) is 0 Å². The van der Waals surface area contributed by atoms with Gasteiger partial charge in [-0.25, -0.2) is 9.59 Å². The lowest BCUT2D eigenvalue weighted by Gasteiger charge is -2.52. The molecule has 4 fully saturated rings. The van der Waals surface area contributed by atoms with Crippen molar-refractivity contribution in [1.29, 1.82) is 0 Å². The molecule has 2 aromatic rings. The first-order chi connectivity index (χ1) is 24.8. The van der Waals surface area contributed by atoms with Crippen LogP contribution in [-0.2, 0) is 22.4 Å². The molecule has 12 atom stereocenters. The molecule has 0 amide bonds. The van der Waals surface area contributed by atoms with Gasteiger partial charge < -0.3 is 29.9 Å². The van der Waals surface area contributed by atoms with E-state index in [1.807, 2.05) is 24.3 Å². The van der Waals surface area contributed by atoms with Gasteiger partial charge in [-0.05, 0) is 159 Å². The van der Waals surface area contributed by atoms with Gasteiger partial charge in [0.25, 0.3) is 0 Å². The van der Waals surface area contributed by atoms with Crippen molar-refractivity contribution >= 4 is 11.9 Å². The van der Waals surface area contributed by atoms with Crippen LogP contribution in [0, 0.1) is 59.2 Å². The van der Waals surface area contributed by atoms with E-state index in [9.17, 15) is 30.0 Å². The Morgan fingerprint density at radius 1 is 0.673 bits per heavy atom. The summed E-state index contributed by atoms with van der Waals surface area (Å²) < 4.78 is 10.9. The van der Waals surface area contributed by atoms with Gasteiger partial charge in [0, 0.05) is 10.8 Å². The third kappa shape index (κ3) is 5.12. The van der Waals surface area contributed by atoms with Crippen molar-refractivity contribution in [1.82, 2.24) is 0 Å². The number of aliphatic hydroxyl groups excluding tert-OH is 2. The fourth-order valence-corrected chi connectivity index (χ4v) is 12.4. The van der Waals surface area contributed by atoms with Gasteiger partial charge in [-0.1, -0.05) is 37.8 Å². The predicted octanol–water partition coefficient (Wildman–Crippen LogP) is 5.36. The number of rotatable bonds is 5. The first-order valence-corrected chi connectivity index (χ1v) is 19.2. The van der Waals surface area contributed by atoms with Gasteiger partial charge in [-0.2, -0.15) is 0 Å². The summed E-state index contributed by atoms with van der Waals surface area (Å²) in [5, 5.41) is 43.7. The van der Waals surface area contributed by atoms with Crippen molar-refractivity contribution in [3.05, 3.63) is 58.7 Å². The third-order valence-electron chi connectivity index (χ3n) is 15.4. The van der Waals surface area contributed by atoms with E-state index in [-0.39, 0.29) is 22.3 Å². The number of esters is 2. The van der Waals surface area contributed by atoms with Crippen LogP contribution in [0.4, 0.5) is 0 Å². The number of carbonyl (C=O) groups excluding carboxylic acids is 2. The van der Waals surface area contributed by atoms with E-state index < -0.39 is 35.3 Å². The molecule has 0 radical (unpaired) electrons. The molecule has 6 aliphatic rings. The largest absolute Gasteiger partial charge is 0.425 e. The first-order valence-electron chi connectivity index (χ1n) is 19.2. The second-order valence-corrected chi connectivity index (χ2v) is 17.3. The highest BCUT2D eigenvalue weighted by molar-refractivity contribution is 5.87. The topological polar surface area (TPSA) is 134 Å². The number of benzene rings is 2. The van der Waals surface area contributed by atoms with Gasteiger partial charge in [0.1, 0.15) is 22.7 Å². The van der Waals surface area contributed by atoms with Gasteiger partial charge in [-0.15, -0.1) is 12.8 Å². The number of terminal acetylenes is 2. The Morgan fingerprint density at radius 3 is 1.46 bits per heavy atom. The Labute approximate surface area is 306 Å². The summed E-state index contributed by atoms with van der Waals surface area (Å²) >= 11 is 0. The predicted molar refractivity (Wildman–Crippen MR) is 193 cm³/mol. The number of hydrogen-bond donors (Lipinski definition) is 4. The van der Waals surface area contributed by atoms with E-state index in [4.69, 9.17) is 22.3 Å². The number of ether oxygens (including phenoxy) is 2. The molecule has 0 aromatic heterocycles. The maximum Gasteiger partial charge on any atom is 0.343 e. The molecular formula is C44H50O8. The summed E-state index contributed by atoms with van der Waals surface area (Å²) in [5.74, 6) is 5.83. The van der Waals surface area contributed by atoms with Crippen LogP contribution in [0.3, 0.4) is 0 Å². The highest BCUT2D eigenvalue weighted by atomic mass is 16.6. The minimum Gasteiger partial charge on any atom is -0.425 e. The number of aliphatic hydroxyl groups is 4. The molecule has 8 rings (SSSR count). The lowest BCUT2D eigenvalue weighted by atomic mass is 9.53. The number of fused-ring (bicyclic) bond motifs is 10. The average molecular weight is 707 g/mol. The second-order valence-electron chi connectivity index (χ2n) is 17.3. The SMILES string of the molecule is C#C[C@]1(O)CC[C@H]2[C@@H]3CCc4cc(OC(=O)C(O)C(O)C(=O)Oc5ccc6c(c5)CC[C@@H]5[C@@H]6CC[C@@]6(C)[C@H]5CC[C@@]6(O)C#C)ccc4[C@H]3CC[C@@]21C. The molecule has 2 aromatic carbocycles. The molecule has 6 aliphatic carbocycles. The fourth-order valence-electron chi connectivity index (χ4n) is 12.4. The zero-order valence-electron chi connectivity index (χ0n) is 30.1. The molecular weight excluding hydrogens is 656 g/mol. The third-order valence-corrected chi connectivity index (χ3v) is 15.4. The molecule has 52 heavy (non-hydrogen) atoms. The van der Waals surface area contributed by atoms with Crippen molar-refractivity contribution in [3.63, 3.8) is 0 Å². The van der Waals surface area contributed by atoms with Crippen LogP contribution >= 0.6 is 0 Å². The summed E-state index contributed by atoms with van der Waals surface area (Å²) in [6.45, 7) is 4.31. The summed E-state index contributed by atoms with van der Waals surface area (Å²) in [5.41, 5.74) is 1.90. The van der Waals surface area contributed by atoms with Crippen molar-refractivity contribution in [2.75, 3.05) is 0 Å². The molecule has 0 heterocycles. The Hall–Kier alpha value is -3.66. The van der Waals surface area contributed by atoms with Crippen LogP contribution in [0.1, 0.15) is 112 Å². The normalized spacial score (nSPS) is 39.5. The zero-order valence-corrected chi connectivity index (χ0v) is 30.1. The van der Waals surface area contributed by atoms with Crippen LogP contribution in [-0.4, -0.2) is 55.8 Å². The van der Waals surface area contributed by atoms with Gasteiger partial charge in [0.05, 0.1) is 0 Å². The number of aryl methyl sites for hydroxylation is 2. The standard InChI is InChI=1S/C44H50O8/c1-5-43(49)21-17-35-33-11-7-25-23-27(9-13-29(25)31(33)15-19-41(35,43)3)51-39(47)37(45)38(46)40(48)52-28-10-14-30-26(24-28)8-12-34-32(30)16-20-42(4)36(34)18-22-44(42,50)6-2/h1-2,9-10,13-14,23-24,31-38,45-46,49-50H,7-8,11-12,15-22H2,3-4H3/t31-,32-,33-,34-,35+,36+,37?,38?,41+,42+,43+,44+/m1/s1. The molecule has 0 spiro atoms. The van der Waals surface area contributed by atoms with Crippen molar-refractivity contribution in [2.45, 2.75) is 126 Å². The van der Waals surface area contributed by atoms with Gasteiger partial charge >= 0.3 is 11.9 Å². The monoisotopic (exact) mass is 706 g/mol. The Balaban J connectivity index is 0.888. The van der Waals surface area contributed by atoms with E-state index in [0.29, 0.717) is 48.3 Å². The van der Waals surface area contributed by atoms with Crippen LogP contribution in [0.15, 0.2) is 36.4 Å². The van der Waals surface area contributed by atoms with Gasteiger partial charge in [0.15, 0.2) is 12.2 Å². The minimum atomic E-state index is -2.13. The lowest BCUT2D eigenvalue weighted by Crippen LogP contribution is -2.50. The molecule has 0 bridgehead atoms. The maximum absolute atomic E-state index is 12.9. The van der Waals surface area contributed by atoms with Crippen molar-refractivity contribution in [3.8, 4) is 36.2 Å². The summed E-state index contributed by atoms with van der Waals surface area (Å²) in [6.07, 6.45) is 17.5. The summed E-state index contributed by atoms with van der Waals surface area (Å²) in [6, 6.07) is 11.0. The Kier molecular flexibility index (Phi) is 8.47. The average Bonchev–Trinajstić information content (AvgIpc) is 3.59. The van der Waals surface area contributed by atoms with E-state index in [0.717, 1.165) is 75.3 Å². The summed E-state index contributed by atoms with van der Waals surface area (Å²) in [4.78, 5) is 25.9. The quantitative estimate of drug-likeness (QED) is 0.186. The van der Waals surface area contributed by atoms with E-state index >= 15 is 0 Å². The minimum absolute atomic E-state index is 0.239. The molecule has 8 heteroatoms. The number of carbonyl (C=O) groups is 2.